The average molecular weight is 461 g/mol. The summed E-state index contributed by atoms with van der Waals surface area (Å²) in [5.41, 5.74) is 1.82. The molecule has 2 N–H and O–H groups in total. The molecule has 0 heterocycles. The van der Waals surface area contributed by atoms with Crippen molar-refractivity contribution in [1.29, 1.82) is 5.26 Å². The van der Waals surface area contributed by atoms with Crippen LogP contribution in [0.2, 0.25) is 0 Å². The van der Waals surface area contributed by atoms with E-state index in [0.29, 0.717) is 11.1 Å². The first-order chi connectivity index (χ1) is 17.1. The highest BCUT2D eigenvalue weighted by molar-refractivity contribution is 5.98. The molecule has 0 radical (unpaired) electrons. The van der Waals surface area contributed by atoms with Crippen LogP contribution in [0.3, 0.4) is 0 Å². The van der Waals surface area contributed by atoms with Crippen molar-refractivity contribution in [3.8, 4) is 6.07 Å². The summed E-state index contributed by atoms with van der Waals surface area (Å²) in [5.74, 6) is -1.63. The van der Waals surface area contributed by atoms with Gasteiger partial charge in [0.1, 0.15) is 11.5 Å². The quantitative estimate of drug-likeness (QED) is 0.373. The Kier molecular flexibility index (Phi) is 7.04. The number of nitriles is 1. The van der Waals surface area contributed by atoms with Crippen molar-refractivity contribution >= 4 is 11.9 Å². The standard InChI is InChI=1S/C30H24N2O3/c31-21-23-13-11-10-12-22(23)20-27(28(33)34)32-29(35)30(24-14-4-1-5-15-24,25-16-6-2-7-17-25)26-18-8-3-9-19-26/h1-19,27H,20H2,(H,32,35)(H,33,34)/t27-/m0/s1. The van der Waals surface area contributed by atoms with Gasteiger partial charge < -0.3 is 10.4 Å². The van der Waals surface area contributed by atoms with Crippen LogP contribution in [0.4, 0.5) is 0 Å². The summed E-state index contributed by atoms with van der Waals surface area (Å²) >= 11 is 0. The number of carbonyl (C=O) groups excluding carboxylic acids is 1. The third kappa shape index (κ3) is 4.68. The molecule has 35 heavy (non-hydrogen) atoms. The van der Waals surface area contributed by atoms with Crippen molar-refractivity contribution in [3.63, 3.8) is 0 Å². The predicted octanol–water partition coefficient (Wildman–Crippen LogP) is 4.70. The van der Waals surface area contributed by atoms with Gasteiger partial charge in [0.2, 0.25) is 5.91 Å². The van der Waals surface area contributed by atoms with E-state index in [9.17, 15) is 20.0 Å². The van der Waals surface area contributed by atoms with Crippen LogP contribution in [0, 0.1) is 11.3 Å². The smallest absolute Gasteiger partial charge is 0.326 e. The zero-order chi connectivity index (χ0) is 24.7. The number of carboxylic acids is 1. The molecular weight excluding hydrogens is 436 g/mol. The van der Waals surface area contributed by atoms with E-state index in [0.717, 1.165) is 16.7 Å². The van der Waals surface area contributed by atoms with Crippen molar-refractivity contribution in [2.24, 2.45) is 0 Å². The highest BCUT2D eigenvalue weighted by Gasteiger charge is 2.45. The van der Waals surface area contributed by atoms with E-state index in [-0.39, 0.29) is 6.42 Å². The van der Waals surface area contributed by atoms with Crippen LogP contribution in [0.1, 0.15) is 27.8 Å². The molecule has 1 atom stereocenters. The Morgan fingerprint density at radius 1 is 0.743 bits per heavy atom. The second kappa shape index (κ2) is 10.5. The number of rotatable bonds is 8. The number of nitrogens with zero attached hydrogens (tertiary/aromatic N) is 1. The van der Waals surface area contributed by atoms with Gasteiger partial charge >= 0.3 is 5.97 Å². The molecule has 4 rings (SSSR count). The molecule has 0 aliphatic carbocycles. The molecule has 0 fully saturated rings. The molecule has 5 heteroatoms. The Bertz CT molecular complexity index is 1250. The topological polar surface area (TPSA) is 90.2 Å². The third-order valence-electron chi connectivity index (χ3n) is 6.13. The maximum atomic E-state index is 14.3. The van der Waals surface area contributed by atoms with Gasteiger partial charge in [-0.1, -0.05) is 109 Å². The summed E-state index contributed by atoms with van der Waals surface area (Å²) in [5, 5.41) is 22.3. The van der Waals surface area contributed by atoms with Crippen LogP contribution in [0.5, 0.6) is 0 Å². The number of amides is 1. The van der Waals surface area contributed by atoms with Gasteiger partial charge in [-0.3, -0.25) is 4.79 Å². The van der Waals surface area contributed by atoms with E-state index >= 15 is 0 Å². The number of hydrogen-bond donors (Lipinski definition) is 2. The van der Waals surface area contributed by atoms with Crippen molar-refractivity contribution < 1.29 is 14.7 Å². The maximum Gasteiger partial charge on any atom is 0.326 e. The van der Waals surface area contributed by atoms with Crippen LogP contribution >= 0.6 is 0 Å². The van der Waals surface area contributed by atoms with E-state index in [1.54, 1.807) is 24.3 Å². The van der Waals surface area contributed by atoms with Gasteiger partial charge in [0, 0.05) is 6.42 Å². The minimum absolute atomic E-state index is 0.0146. The molecule has 0 bridgehead atoms. The van der Waals surface area contributed by atoms with Crippen LogP contribution in [-0.4, -0.2) is 23.0 Å². The number of aliphatic carboxylic acids is 1. The number of carbonyl (C=O) groups is 2. The fraction of sp³-hybridized carbons (Fsp3) is 0.100. The molecule has 172 valence electrons. The Hall–Kier alpha value is -4.69. The SMILES string of the molecule is N#Cc1ccccc1C[C@H](NC(=O)C(c1ccccc1)(c1ccccc1)c1ccccc1)C(=O)O. The zero-order valence-electron chi connectivity index (χ0n) is 19.0. The second-order valence-corrected chi connectivity index (χ2v) is 8.19. The molecule has 0 spiro atoms. The molecule has 1 amide bonds. The van der Waals surface area contributed by atoms with Crippen LogP contribution < -0.4 is 5.32 Å². The minimum atomic E-state index is -1.29. The molecule has 4 aromatic carbocycles. The van der Waals surface area contributed by atoms with Gasteiger partial charge in [-0.25, -0.2) is 4.79 Å². The van der Waals surface area contributed by atoms with E-state index < -0.39 is 23.3 Å². The van der Waals surface area contributed by atoms with Crippen molar-refractivity contribution in [2.75, 3.05) is 0 Å². The summed E-state index contributed by atoms with van der Waals surface area (Å²) in [4.78, 5) is 26.6. The molecule has 5 nitrogen and oxygen atoms in total. The number of nitrogens with one attached hydrogen (secondary N) is 1. The first-order valence-electron chi connectivity index (χ1n) is 11.3. The molecular formula is C30H24N2O3. The highest BCUT2D eigenvalue weighted by atomic mass is 16.4. The van der Waals surface area contributed by atoms with Gasteiger partial charge in [0.05, 0.1) is 11.6 Å². The normalized spacial score (nSPS) is 11.7. The van der Waals surface area contributed by atoms with Gasteiger partial charge in [-0.2, -0.15) is 5.26 Å². The summed E-state index contributed by atoms with van der Waals surface area (Å²) in [6.45, 7) is 0. The van der Waals surface area contributed by atoms with E-state index in [4.69, 9.17) is 0 Å². The van der Waals surface area contributed by atoms with Crippen LogP contribution in [0.15, 0.2) is 115 Å². The van der Waals surface area contributed by atoms with Crippen molar-refractivity contribution in [3.05, 3.63) is 143 Å². The lowest BCUT2D eigenvalue weighted by Crippen LogP contribution is -2.52. The monoisotopic (exact) mass is 460 g/mol. The second-order valence-electron chi connectivity index (χ2n) is 8.19. The average Bonchev–Trinajstić information content (AvgIpc) is 2.91. The number of hydrogen-bond acceptors (Lipinski definition) is 3. The van der Waals surface area contributed by atoms with Crippen LogP contribution in [-0.2, 0) is 21.4 Å². The van der Waals surface area contributed by atoms with Gasteiger partial charge in [0.25, 0.3) is 0 Å². The first-order valence-corrected chi connectivity index (χ1v) is 11.3. The lowest BCUT2D eigenvalue weighted by molar-refractivity contribution is -0.142. The predicted molar refractivity (Wildman–Crippen MR) is 134 cm³/mol. The fourth-order valence-corrected chi connectivity index (χ4v) is 4.45. The van der Waals surface area contributed by atoms with Crippen molar-refractivity contribution in [2.45, 2.75) is 17.9 Å². The van der Waals surface area contributed by atoms with E-state index in [2.05, 4.69) is 11.4 Å². The van der Waals surface area contributed by atoms with E-state index in [1.165, 1.54) is 0 Å². The first kappa shape index (κ1) is 23.5. The third-order valence-corrected chi connectivity index (χ3v) is 6.13. The largest absolute Gasteiger partial charge is 0.480 e. The lowest BCUT2D eigenvalue weighted by atomic mass is 9.68. The summed E-state index contributed by atoms with van der Waals surface area (Å²) < 4.78 is 0. The zero-order valence-corrected chi connectivity index (χ0v) is 19.0. The molecule has 0 saturated heterocycles. The lowest BCUT2D eigenvalue weighted by Gasteiger charge is -2.35. The van der Waals surface area contributed by atoms with Gasteiger partial charge in [0.15, 0.2) is 0 Å². The number of benzene rings is 4. The van der Waals surface area contributed by atoms with Crippen LogP contribution in [0.25, 0.3) is 0 Å². The molecule has 0 aromatic heterocycles. The highest BCUT2D eigenvalue weighted by Crippen LogP contribution is 2.39. The molecule has 4 aromatic rings. The maximum absolute atomic E-state index is 14.3. The Morgan fingerprint density at radius 3 is 1.60 bits per heavy atom. The summed E-state index contributed by atoms with van der Waals surface area (Å²) in [7, 11) is 0. The minimum Gasteiger partial charge on any atom is -0.480 e. The Balaban J connectivity index is 1.85. The van der Waals surface area contributed by atoms with Crippen molar-refractivity contribution in [1.82, 2.24) is 5.32 Å². The van der Waals surface area contributed by atoms with Gasteiger partial charge in [-0.15, -0.1) is 0 Å². The summed E-state index contributed by atoms with van der Waals surface area (Å²) in [6.07, 6.45) is -0.0146. The molecule has 0 aliphatic heterocycles. The Morgan fingerprint density at radius 2 is 1.17 bits per heavy atom. The molecule has 0 saturated carbocycles. The van der Waals surface area contributed by atoms with E-state index in [1.807, 2.05) is 91.0 Å². The fourth-order valence-electron chi connectivity index (χ4n) is 4.45. The van der Waals surface area contributed by atoms with Gasteiger partial charge in [-0.05, 0) is 28.3 Å². The molecule has 0 unspecified atom stereocenters. The Labute approximate surface area is 204 Å². The molecule has 0 aliphatic rings. The summed E-state index contributed by atoms with van der Waals surface area (Å²) in [6, 6.07) is 35.7. The number of carboxylic acid groups (broad SMARTS) is 1.